The topological polar surface area (TPSA) is 63.2 Å². The monoisotopic (exact) mass is 197 g/mol. The van der Waals surface area contributed by atoms with E-state index in [4.69, 9.17) is 0 Å². The average Bonchev–Trinajstić information content (AvgIpc) is 1.81. The van der Waals surface area contributed by atoms with Crippen LogP contribution in [-0.4, -0.2) is 25.8 Å². The minimum atomic E-state index is -3.39. The van der Waals surface area contributed by atoms with Crippen LogP contribution in [0.25, 0.3) is 0 Å². The Morgan fingerprint density at radius 3 is 2.45 bits per heavy atom. The minimum Gasteiger partial charge on any atom is -0.274 e. The molecule has 0 aromatic rings. The second-order valence-electron chi connectivity index (χ2n) is 2.05. The standard InChI is InChI=1S/C5H11NO3S2/c1-5(7)6-11(8,9)4-2-3-10/h10H,2-4H2,1H3,(H,6,7). The van der Waals surface area contributed by atoms with Crippen LogP contribution in [0.2, 0.25) is 0 Å². The van der Waals surface area contributed by atoms with Gasteiger partial charge in [-0.25, -0.2) is 8.42 Å². The maximum Gasteiger partial charge on any atom is 0.234 e. The van der Waals surface area contributed by atoms with Gasteiger partial charge in [-0.15, -0.1) is 0 Å². The van der Waals surface area contributed by atoms with Gasteiger partial charge in [0.25, 0.3) is 0 Å². The number of hydrogen-bond acceptors (Lipinski definition) is 4. The first-order chi connectivity index (χ1) is 4.98. The fraction of sp³-hybridized carbons (Fsp3) is 0.800. The van der Waals surface area contributed by atoms with Crippen LogP contribution in [0.4, 0.5) is 0 Å². The van der Waals surface area contributed by atoms with Crippen molar-refractivity contribution in [2.75, 3.05) is 11.5 Å². The lowest BCUT2D eigenvalue weighted by molar-refractivity contribution is -0.117. The lowest BCUT2D eigenvalue weighted by Gasteiger charge is -2.01. The summed E-state index contributed by atoms with van der Waals surface area (Å²) in [5.74, 6) is -0.0984. The van der Waals surface area contributed by atoms with E-state index in [1.54, 1.807) is 0 Å². The van der Waals surface area contributed by atoms with Gasteiger partial charge in [0.15, 0.2) is 0 Å². The molecule has 11 heavy (non-hydrogen) atoms. The summed E-state index contributed by atoms with van der Waals surface area (Å²) < 4.78 is 23.5. The molecule has 0 atom stereocenters. The van der Waals surface area contributed by atoms with Gasteiger partial charge in [0.1, 0.15) is 0 Å². The van der Waals surface area contributed by atoms with Crippen LogP contribution >= 0.6 is 12.6 Å². The van der Waals surface area contributed by atoms with Gasteiger partial charge >= 0.3 is 0 Å². The van der Waals surface area contributed by atoms with E-state index in [1.165, 1.54) is 0 Å². The Labute approximate surface area is 71.8 Å². The smallest absolute Gasteiger partial charge is 0.234 e. The fourth-order valence-corrected chi connectivity index (χ4v) is 1.96. The van der Waals surface area contributed by atoms with Crippen molar-refractivity contribution in [3.05, 3.63) is 0 Å². The van der Waals surface area contributed by atoms with Crippen LogP contribution in [0.1, 0.15) is 13.3 Å². The molecule has 0 aliphatic heterocycles. The molecular weight excluding hydrogens is 186 g/mol. The average molecular weight is 197 g/mol. The van der Waals surface area contributed by atoms with E-state index in [1.807, 2.05) is 4.72 Å². The second kappa shape index (κ2) is 4.61. The molecule has 0 aliphatic rings. The van der Waals surface area contributed by atoms with Crippen LogP contribution in [0.3, 0.4) is 0 Å². The number of hydrogen-bond donors (Lipinski definition) is 2. The van der Waals surface area contributed by atoms with Gasteiger partial charge in [0, 0.05) is 6.92 Å². The minimum absolute atomic E-state index is 0.0456. The molecule has 0 aromatic heterocycles. The Hall–Kier alpha value is -0.230. The Kier molecular flexibility index (Phi) is 4.51. The van der Waals surface area contributed by atoms with Gasteiger partial charge in [-0.3, -0.25) is 9.52 Å². The van der Waals surface area contributed by atoms with Gasteiger partial charge in [0.05, 0.1) is 5.75 Å². The zero-order valence-electron chi connectivity index (χ0n) is 6.20. The van der Waals surface area contributed by atoms with Crippen molar-refractivity contribution in [1.29, 1.82) is 0 Å². The van der Waals surface area contributed by atoms with E-state index in [0.717, 1.165) is 6.92 Å². The summed E-state index contributed by atoms with van der Waals surface area (Å²) in [6.45, 7) is 1.16. The highest BCUT2D eigenvalue weighted by Crippen LogP contribution is 1.90. The Bertz CT molecular complexity index is 222. The van der Waals surface area contributed by atoms with E-state index >= 15 is 0 Å². The third-order valence-corrected chi connectivity index (χ3v) is 2.61. The number of rotatable bonds is 4. The van der Waals surface area contributed by atoms with Crippen LogP contribution in [0.5, 0.6) is 0 Å². The van der Waals surface area contributed by atoms with Crippen LogP contribution in [-0.2, 0) is 14.8 Å². The molecule has 0 fully saturated rings. The van der Waals surface area contributed by atoms with Crippen molar-refractivity contribution >= 4 is 28.6 Å². The number of carbonyl (C=O) groups excluding carboxylic acids is 1. The predicted molar refractivity (Wildman–Crippen MR) is 46.1 cm³/mol. The molecule has 0 saturated heterocycles. The molecule has 0 spiro atoms. The van der Waals surface area contributed by atoms with Crippen molar-refractivity contribution in [1.82, 2.24) is 4.72 Å². The van der Waals surface area contributed by atoms with E-state index in [9.17, 15) is 13.2 Å². The highest BCUT2D eigenvalue weighted by Gasteiger charge is 2.09. The van der Waals surface area contributed by atoms with Crippen molar-refractivity contribution < 1.29 is 13.2 Å². The molecule has 1 amide bonds. The third kappa shape index (κ3) is 6.18. The molecule has 66 valence electrons. The number of amides is 1. The molecule has 0 aromatic carbocycles. The van der Waals surface area contributed by atoms with E-state index in [-0.39, 0.29) is 5.75 Å². The van der Waals surface area contributed by atoms with Crippen molar-refractivity contribution in [3.63, 3.8) is 0 Å². The molecular formula is C5H11NO3S2. The van der Waals surface area contributed by atoms with Crippen molar-refractivity contribution in [3.8, 4) is 0 Å². The first-order valence-electron chi connectivity index (χ1n) is 3.10. The van der Waals surface area contributed by atoms with Gasteiger partial charge in [0.2, 0.25) is 15.9 Å². The summed E-state index contributed by atoms with van der Waals surface area (Å²) in [5, 5.41) is 0. The van der Waals surface area contributed by atoms with Gasteiger partial charge in [-0.1, -0.05) is 0 Å². The summed E-state index contributed by atoms with van der Waals surface area (Å²) >= 11 is 3.85. The summed E-state index contributed by atoms with van der Waals surface area (Å²) in [6, 6.07) is 0. The Morgan fingerprint density at radius 2 is 2.09 bits per heavy atom. The quantitative estimate of drug-likeness (QED) is 0.612. The first-order valence-corrected chi connectivity index (χ1v) is 5.38. The van der Waals surface area contributed by atoms with Crippen molar-refractivity contribution in [2.24, 2.45) is 0 Å². The molecule has 0 heterocycles. The zero-order chi connectivity index (χ0) is 8.91. The molecule has 6 heteroatoms. The van der Waals surface area contributed by atoms with Crippen LogP contribution in [0.15, 0.2) is 0 Å². The summed E-state index contributed by atoms with van der Waals surface area (Å²) in [4.78, 5) is 10.3. The molecule has 0 aliphatic carbocycles. The highest BCUT2D eigenvalue weighted by atomic mass is 32.2. The van der Waals surface area contributed by atoms with E-state index in [0.29, 0.717) is 12.2 Å². The molecule has 0 bridgehead atoms. The van der Waals surface area contributed by atoms with Crippen LogP contribution in [0, 0.1) is 0 Å². The first kappa shape index (κ1) is 10.8. The second-order valence-corrected chi connectivity index (χ2v) is 4.34. The molecule has 4 nitrogen and oxygen atoms in total. The Balaban J connectivity index is 3.92. The number of carbonyl (C=O) groups is 1. The molecule has 0 saturated carbocycles. The third-order valence-electron chi connectivity index (χ3n) is 0.870. The summed E-state index contributed by atoms with van der Waals surface area (Å²) in [7, 11) is -3.39. The predicted octanol–water partition coefficient (Wildman–Crippen LogP) is -0.228. The van der Waals surface area contributed by atoms with Crippen LogP contribution < -0.4 is 4.72 Å². The fourth-order valence-electron chi connectivity index (χ4n) is 0.525. The molecule has 0 rings (SSSR count). The SMILES string of the molecule is CC(=O)NS(=O)(=O)CCCS. The van der Waals surface area contributed by atoms with E-state index in [2.05, 4.69) is 12.6 Å². The molecule has 0 radical (unpaired) electrons. The normalized spacial score (nSPS) is 11.1. The zero-order valence-corrected chi connectivity index (χ0v) is 7.91. The summed E-state index contributed by atoms with van der Waals surface area (Å²) in [5.41, 5.74) is 0. The molecule has 1 N–H and O–H groups in total. The Morgan fingerprint density at radius 1 is 1.55 bits per heavy atom. The van der Waals surface area contributed by atoms with Gasteiger partial charge < -0.3 is 0 Å². The number of thiol groups is 1. The lowest BCUT2D eigenvalue weighted by Crippen LogP contribution is -2.30. The molecule has 0 unspecified atom stereocenters. The highest BCUT2D eigenvalue weighted by molar-refractivity contribution is 7.90. The maximum atomic E-state index is 10.8. The summed E-state index contributed by atoms with van der Waals surface area (Å²) in [6.07, 6.45) is 0.450. The number of sulfonamides is 1. The van der Waals surface area contributed by atoms with Gasteiger partial charge in [-0.05, 0) is 12.2 Å². The van der Waals surface area contributed by atoms with Gasteiger partial charge in [-0.2, -0.15) is 12.6 Å². The maximum absolute atomic E-state index is 10.8. The van der Waals surface area contributed by atoms with Crippen molar-refractivity contribution in [2.45, 2.75) is 13.3 Å². The largest absolute Gasteiger partial charge is 0.274 e. The number of nitrogens with one attached hydrogen (secondary N) is 1. The van der Waals surface area contributed by atoms with E-state index < -0.39 is 15.9 Å². The lowest BCUT2D eigenvalue weighted by atomic mass is 10.6.